The van der Waals surface area contributed by atoms with Crippen LogP contribution in [0.1, 0.15) is 54.4 Å². The summed E-state index contributed by atoms with van der Waals surface area (Å²) in [4.78, 5) is 20.2. The van der Waals surface area contributed by atoms with Gasteiger partial charge in [0.05, 0.1) is 12.3 Å². The number of hydrogen-bond donors (Lipinski definition) is 1. The van der Waals surface area contributed by atoms with Crippen LogP contribution in [0.25, 0.3) is 0 Å². The third-order valence-corrected chi connectivity index (χ3v) is 5.54. The Morgan fingerprint density at radius 2 is 2.29 bits per heavy atom. The second kappa shape index (κ2) is 5.93. The van der Waals surface area contributed by atoms with Crippen LogP contribution in [0, 0.1) is 0 Å². The smallest absolute Gasteiger partial charge is 0.263 e. The average molecular weight is 309 g/mol. The molecule has 0 bridgehead atoms. The molecule has 2 unspecified atom stereocenters. The van der Waals surface area contributed by atoms with Crippen molar-refractivity contribution in [2.45, 2.75) is 51.1 Å². The quantitative estimate of drug-likeness (QED) is 0.907. The molecule has 1 N–H and O–H groups in total. The Balaban J connectivity index is 1.91. The molecule has 2 heterocycles. The number of anilines is 1. The van der Waals surface area contributed by atoms with Crippen molar-refractivity contribution in [2.24, 2.45) is 0 Å². The molecule has 0 spiro atoms. The van der Waals surface area contributed by atoms with Crippen molar-refractivity contribution in [1.82, 2.24) is 10.3 Å². The number of aromatic nitrogens is 1. The predicted molar refractivity (Wildman–Crippen MR) is 84.3 cm³/mol. The van der Waals surface area contributed by atoms with Crippen LogP contribution in [0.4, 0.5) is 5.13 Å². The van der Waals surface area contributed by atoms with Crippen LogP contribution < -0.4 is 10.2 Å². The van der Waals surface area contributed by atoms with Gasteiger partial charge in [-0.15, -0.1) is 0 Å². The minimum absolute atomic E-state index is 0.0624. The van der Waals surface area contributed by atoms with Gasteiger partial charge in [-0.25, -0.2) is 4.98 Å². The molecule has 2 aliphatic rings. The standard InChI is InChI=1S/C15H23N3O2S/c1-9(2)18(7-8-20-3)15-17-12-10-5-4-6-11(10)16-14(19)13(12)21-15/h9-11H,4-8H2,1-3H3,(H,16,19). The number of nitrogens with zero attached hydrogens (tertiary/aromatic N) is 2. The lowest BCUT2D eigenvalue weighted by molar-refractivity contribution is 0.0924. The van der Waals surface area contributed by atoms with Crippen LogP contribution >= 0.6 is 11.3 Å². The lowest BCUT2D eigenvalue weighted by atomic mass is 9.95. The van der Waals surface area contributed by atoms with Crippen LogP contribution in [0.15, 0.2) is 0 Å². The Labute approximate surface area is 129 Å². The molecule has 2 atom stereocenters. The molecule has 1 aromatic rings. The zero-order valence-electron chi connectivity index (χ0n) is 12.9. The van der Waals surface area contributed by atoms with Crippen molar-refractivity contribution in [3.8, 4) is 0 Å². The molecule has 1 aromatic heterocycles. The summed E-state index contributed by atoms with van der Waals surface area (Å²) in [6, 6.07) is 0.640. The molecular formula is C15H23N3O2S. The summed E-state index contributed by atoms with van der Waals surface area (Å²) in [5.41, 5.74) is 1.03. The molecule has 1 aliphatic heterocycles. The van der Waals surface area contributed by atoms with Gasteiger partial charge in [0.25, 0.3) is 5.91 Å². The SMILES string of the molecule is COCCN(c1nc2c(s1)C(=O)NC1CCCC21)C(C)C. The fourth-order valence-corrected chi connectivity index (χ4v) is 4.51. The maximum Gasteiger partial charge on any atom is 0.263 e. The van der Waals surface area contributed by atoms with Crippen LogP contribution in [0.2, 0.25) is 0 Å². The van der Waals surface area contributed by atoms with Crippen LogP contribution in [0.5, 0.6) is 0 Å². The van der Waals surface area contributed by atoms with E-state index in [2.05, 4.69) is 24.1 Å². The number of carbonyl (C=O) groups is 1. The summed E-state index contributed by atoms with van der Waals surface area (Å²) in [5, 5.41) is 4.10. The lowest BCUT2D eigenvalue weighted by Crippen LogP contribution is -2.41. The number of ether oxygens (including phenoxy) is 1. The van der Waals surface area contributed by atoms with E-state index in [1.165, 1.54) is 17.8 Å². The summed E-state index contributed by atoms with van der Waals surface area (Å²) in [6.45, 7) is 5.76. The zero-order chi connectivity index (χ0) is 15.0. The highest BCUT2D eigenvalue weighted by atomic mass is 32.1. The van der Waals surface area contributed by atoms with Crippen molar-refractivity contribution >= 4 is 22.4 Å². The molecule has 0 radical (unpaired) electrons. The Kier molecular flexibility index (Phi) is 4.17. The third kappa shape index (κ3) is 2.66. The summed E-state index contributed by atoms with van der Waals surface area (Å²) in [7, 11) is 1.71. The highest BCUT2D eigenvalue weighted by Gasteiger charge is 2.40. The molecule has 5 nitrogen and oxygen atoms in total. The number of fused-ring (bicyclic) bond motifs is 3. The van der Waals surface area contributed by atoms with Gasteiger partial charge in [0.15, 0.2) is 5.13 Å². The van der Waals surface area contributed by atoms with Gasteiger partial charge in [-0.2, -0.15) is 0 Å². The van der Waals surface area contributed by atoms with Crippen molar-refractivity contribution in [1.29, 1.82) is 0 Å². The summed E-state index contributed by atoms with van der Waals surface area (Å²) in [5.74, 6) is 0.478. The van der Waals surface area contributed by atoms with Gasteiger partial charge in [-0.05, 0) is 26.7 Å². The van der Waals surface area contributed by atoms with Gasteiger partial charge in [-0.1, -0.05) is 17.8 Å². The van der Waals surface area contributed by atoms with E-state index in [0.29, 0.717) is 24.6 Å². The molecule has 6 heteroatoms. The third-order valence-electron chi connectivity index (χ3n) is 4.44. The Morgan fingerprint density at radius 1 is 1.48 bits per heavy atom. The molecular weight excluding hydrogens is 286 g/mol. The average Bonchev–Trinajstić information content (AvgIpc) is 3.05. The van der Waals surface area contributed by atoms with E-state index in [1.54, 1.807) is 7.11 Å². The number of thiazole rings is 1. The normalized spacial score (nSPS) is 23.9. The van der Waals surface area contributed by atoms with Crippen molar-refractivity contribution in [3.63, 3.8) is 0 Å². The molecule has 3 rings (SSSR count). The fraction of sp³-hybridized carbons (Fsp3) is 0.733. The zero-order valence-corrected chi connectivity index (χ0v) is 13.7. The minimum atomic E-state index is 0.0624. The Bertz CT molecular complexity index is 529. The maximum atomic E-state index is 12.3. The Morgan fingerprint density at radius 3 is 3.00 bits per heavy atom. The van der Waals surface area contributed by atoms with E-state index < -0.39 is 0 Å². The molecule has 0 saturated heterocycles. The number of rotatable bonds is 5. The fourth-order valence-electron chi connectivity index (χ4n) is 3.32. The largest absolute Gasteiger partial charge is 0.383 e. The number of methoxy groups -OCH3 is 1. The Hall–Kier alpha value is -1.14. The summed E-state index contributed by atoms with van der Waals surface area (Å²) in [6.07, 6.45) is 3.40. The van der Waals surface area contributed by atoms with E-state index in [-0.39, 0.29) is 5.91 Å². The van der Waals surface area contributed by atoms with Crippen LogP contribution in [0.3, 0.4) is 0 Å². The van der Waals surface area contributed by atoms with Gasteiger partial charge in [0.2, 0.25) is 0 Å². The second-order valence-corrected chi connectivity index (χ2v) is 7.09. The first-order valence-corrected chi connectivity index (χ1v) is 8.50. The van der Waals surface area contributed by atoms with Crippen molar-refractivity contribution in [3.05, 3.63) is 10.6 Å². The molecule has 1 aliphatic carbocycles. The van der Waals surface area contributed by atoms with Crippen molar-refractivity contribution < 1.29 is 9.53 Å². The first-order valence-electron chi connectivity index (χ1n) is 7.69. The van der Waals surface area contributed by atoms with Crippen LogP contribution in [-0.4, -0.2) is 43.2 Å². The monoisotopic (exact) mass is 309 g/mol. The maximum absolute atomic E-state index is 12.3. The van der Waals surface area contributed by atoms with E-state index in [4.69, 9.17) is 9.72 Å². The summed E-state index contributed by atoms with van der Waals surface area (Å²) >= 11 is 1.53. The molecule has 1 saturated carbocycles. The minimum Gasteiger partial charge on any atom is -0.383 e. The van der Waals surface area contributed by atoms with Crippen LogP contribution in [-0.2, 0) is 4.74 Å². The number of hydrogen-bond acceptors (Lipinski definition) is 5. The van der Waals surface area contributed by atoms with E-state index in [9.17, 15) is 4.79 Å². The van der Waals surface area contributed by atoms with Gasteiger partial charge in [-0.3, -0.25) is 4.79 Å². The predicted octanol–water partition coefficient (Wildman–Crippen LogP) is 2.38. The number of nitrogens with one attached hydrogen (secondary N) is 1. The van der Waals surface area contributed by atoms with Gasteiger partial charge < -0.3 is 15.0 Å². The molecule has 21 heavy (non-hydrogen) atoms. The first kappa shape index (κ1) is 14.8. The lowest BCUT2D eigenvalue weighted by Gasteiger charge is -2.26. The first-order chi connectivity index (χ1) is 10.1. The van der Waals surface area contributed by atoms with Gasteiger partial charge in [0, 0.05) is 31.7 Å². The van der Waals surface area contributed by atoms with Gasteiger partial charge >= 0.3 is 0 Å². The summed E-state index contributed by atoms with van der Waals surface area (Å²) < 4.78 is 5.19. The highest BCUT2D eigenvalue weighted by molar-refractivity contribution is 7.17. The molecule has 0 aromatic carbocycles. The highest BCUT2D eigenvalue weighted by Crippen LogP contribution is 2.42. The topological polar surface area (TPSA) is 54.5 Å². The number of carbonyl (C=O) groups excluding carboxylic acids is 1. The molecule has 1 amide bonds. The van der Waals surface area contributed by atoms with Crippen molar-refractivity contribution in [2.75, 3.05) is 25.2 Å². The second-order valence-electron chi connectivity index (χ2n) is 6.11. The van der Waals surface area contributed by atoms with E-state index >= 15 is 0 Å². The molecule has 1 fully saturated rings. The van der Waals surface area contributed by atoms with Gasteiger partial charge in [0.1, 0.15) is 4.88 Å². The van der Waals surface area contributed by atoms with E-state index in [0.717, 1.165) is 35.1 Å². The number of amides is 1. The molecule has 116 valence electrons. The van der Waals surface area contributed by atoms with E-state index in [1.807, 2.05) is 0 Å².